The molecular formula is C16H25N5O3S. The van der Waals surface area contributed by atoms with Crippen LogP contribution >= 0.6 is 11.3 Å². The molecule has 1 aromatic heterocycles. The van der Waals surface area contributed by atoms with Crippen LogP contribution < -0.4 is 10.6 Å². The summed E-state index contributed by atoms with van der Waals surface area (Å²) >= 11 is 1.30. The minimum atomic E-state index is -0.228. The van der Waals surface area contributed by atoms with Gasteiger partial charge in [-0.1, -0.05) is 13.8 Å². The summed E-state index contributed by atoms with van der Waals surface area (Å²) < 4.78 is 0. The summed E-state index contributed by atoms with van der Waals surface area (Å²) in [4.78, 5) is 43.0. The predicted molar refractivity (Wildman–Crippen MR) is 96.5 cm³/mol. The van der Waals surface area contributed by atoms with Crippen molar-refractivity contribution in [1.82, 2.24) is 20.1 Å². The Morgan fingerprint density at radius 3 is 2.44 bits per heavy atom. The van der Waals surface area contributed by atoms with Gasteiger partial charge in [0.2, 0.25) is 11.8 Å². The van der Waals surface area contributed by atoms with Crippen LogP contribution in [0.3, 0.4) is 0 Å². The van der Waals surface area contributed by atoms with E-state index in [1.165, 1.54) is 18.3 Å². The number of amides is 4. The Morgan fingerprint density at radius 1 is 1.20 bits per heavy atom. The Bertz CT molecular complexity index is 623. The number of anilines is 1. The number of rotatable bonds is 5. The van der Waals surface area contributed by atoms with Crippen molar-refractivity contribution in [3.63, 3.8) is 0 Å². The zero-order valence-corrected chi connectivity index (χ0v) is 15.7. The number of nitrogens with one attached hydrogen (secondary N) is 2. The number of urea groups is 1. The van der Waals surface area contributed by atoms with E-state index in [-0.39, 0.29) is 24.3 Å². The van der Waals surface area contributed by atoms with Crippen LogP contribution in [0.25, 0.3) is 0 Å². The molecule has 2 N–H and O–H groups in total. The number of carbonyl (C=O) groups is 3. The van der Waals surface area contributed by atoms with Gasteiger partial charge >= 0.3 is 6.03 Å². The summed E-state index contributed by atoms with van der Waals surface area (Å²) in [6, 6.07) is -0.228. The Balaban J connectivity index is 1.79. The molecule has 0 unspecified atom stereocenters. The number of nitrogens with zero attached hydrogens (tertiary/aromatic N) is 3. The van der Waals surface area contributed by atoms with Crippen LogP contribution in [0.5, 0.6) is 0 Å². The number of thiazole rings is 1. The molecule has 0 aliphatic carbocycles. The van der Waals surface area contributed by atoms with Crippen LogP contribution in [-0.2, 0) is 16.0 Å². The minimum absolute atomic E-state index is 0.0281. The Labute approximate surface area is 151 Å². The van der Waals surface area contributed by atoms with Crippen molar-refractivity contribution in [3.05, 3.63) is 11.1 Å². The second-order valence-electron chi connectivity index (χ2n) is 6.44. The first-order valence-corrected chi connectivity index (χ1v) is 9.25. The lowest BCUT2D eigenvalue weighted by molar-refractivity contribution is -0.130. The second-order valence-corrected chi connectivity index (χ2v) is 7.30. The molecule has 0 atom stereocenters. The molecule has 1 aliphatic rings. The van der Waals surface area contributed by atoms with E-state index in [1.807, 2.05) is 13.8 Å². The summed E-state index contributed by atoms with van der Waals surface area (Å²) in [6.07, 6.45) is 0.205. The topological polar surface area (TPSA) is 94.6 Å². The molecule has 1 aromatic rings. The van der Waals surface area contributed by atoms with E-state index >= 15 is 0 Å². The summed E-state index contributed by atoms with van der Waals surface area (Å²) in [7, 11) is 0. The van der Waals surface area contributed by atoms with E-state index in [9.17, 15) is 14.4 Å². The predicted octanol–water partition coefficient (Wildman–Crippen LogP) is 1.15. The highest BCUT2D eigenvalue weighted by atomic mass is 32.1. The van der Waals surface area contributed by atoms with Crippen LogP contribution in [0.2, 0.25) is 0 Å². The van der Waals surface area contributed by atoms with Gasteiger partial charge in [-0.3, -0.25) is 14.9 Å². The lowest BCUT2D eigenvalue weighted by Crippen LogP contribution is -2.51. The smallest absolute Gasteiger partial charge is 0.323 e. The van der Waals surface area contributed by atoms with Gasteiger partial charge in [-0.25, -0.2) is 9.78 Å². The van der Waals surface area contributed by atoms with Gasteiger partial charge in [0.1, 0.15) is 0 Å². The van der Waals surface area contributed by atoms with E-state index in [1.54, 1.807) is 15.2 Å². The first-order valence-electron chi connectivity index (χ1n) is 8.37. The number of hydrogen-bond donors (Lipinski definition) is 2. The third kappa shape index (κ3) is 6.00. The number of hydrogen-bond acceptors (Lipinski definition) is 5. The highest BCUT2D eigenvalue weighted by Gasteiger charge is 2.23. The van der Waals surface area contributed by atoms with Gasteiger partial charge < -0.3 is 15.1 Å². The molecule has 1 fully saturated rings. The third-order valence-electron chi connectivity index (χ3n) is 3.83. The summed E-state index contributed by atoms with van der Waals surface area (Å²) in [5.41, 5.74) is 0.642. The molecule has 2 rings (SSSR count). The molecule has 2 heterocycles. The monoisotopic (exact) mass is 367 g/mol. The molecule has 8 nitrogen and oxygen atoms in total. The van der Waals surface area contributed by atoms with Gasteiger partial charge in [-0.2, -0.15) is 0 Å². The Hall–Kier alpha value is -2.16. The average molecular weight is 367 g/mol. The molecule has 0 spiro atoms. The largest absolute Gasteiger partial charge is 0.356 e. The lowest BCUT2D eigenvalue weighted by Gasteiger charge is -2.33. The average Bonchev–Trinajstić information content (AvgIpc) is 2.99. The summed E-state index contributed by atoms with van der Waals surface area (Å²) in [5, 5.41) is 7.86. The quantitative estimate of drug-likeness (QED) is 0.816. The standard InChI is InChI=1S/C16H25N5O3S/c1-11(2)9-17-14(23)8-13-10-25-15(18-13)19-16(24)21-6-4-20(5-7-21)12(3)22/h10-11H,4-9H2,1-3H3,(H,17,23)(H,18,19,24). The van der Waals surface area contributed by atoms with Gasteiger partial charge in [-0.05, 0) is 5.92 Å². The van der Waals surface area contributed by atoms with Crippen molar-refractivity contribution in [2.45, 2.75) is 27.2 Å². The van der Waals surface area contributed by atoms with Crippen LogP contribution in [0.1, 0.15) is 26.5 Å². The van der Waals surface area contributed by atoms with Crippen LogP contribution in [-0.4, -0.2) is 65.4 Å². The van der Waals surface area contributed by atoms with E-state index in [0.29, 0.717) is 49.5 Å². The van der Waals surface area contributed by atoms with Crippen molar-refractivity contribution in [2.75, 3.05) is 38.0 Å². The Morgan fingerprint density at radius 2 is 1.84 bits per heavy atom. The van der Waals surface area contributed by atoms with Crippen molar-refractivity contribution in [2.24, 2.45) is 5.92 Å². The van der Waals surface area contributed by atoms with Gasteiger partial charge in [-0.15, -0.1) is 11.3 Å². The van der Waals surface area contributed by atoms with Crippen molar-refractivity contribution in [3.8, 4) is 0 Å². The van der Waals surface area contributed by atoms with Crippen LogP contribution in [0.4, 0.5) is 9.93 Å². The molecule has 0 aromatic carbocycles. The van der Waals surface area contributed by atoms with Crippen molar-refractivity contribution < 1.29 is 14.4 Å². The van der Waals surface area contributed by atoms with Crippen molar-refractivity contribution >= 4 is 34.3 Å². The maximum absolute atomic E-state index is 12.3. The molecule has 1 aliphatic heterocycles. The molecule has 0 saturated carbocycles. The molecule has 0 radical (unpaired) electrons. The molecule has 138 valence electrons. The van der Waals surface area contributed by atoms with E-state index in [2.05, 4.69) is 15.6 Å². The summed E-state index contributed by atoms with van der Waals surface area (Å²) in [5.74, 6) is 0.357. The molecule has 4 amide bonds. The molecule has 9 heteroatoms. The molecule has 1 saturated heterocycles. The summed E-state index contributed by atoms with van der Waals surface area (Å²) in [6.45, 7) is 8.33. The highest BCUT2D eigenvalue weighted by Crippen LogP contribution is 2.17. The van der Waals surface area contributed by atoms with Gasteiger partial charge in [0.25, 0.3) is 0 Å². The fourth-order valence-electron chi connectivity index (χ4n) is 2.39. The number of aromatic nitrogens is 1. The Kier molecular flexibility index (Phi) is 6.74. The van der Waals surface area contributed by atoms with Crippen LogP contribution in [0, 0.1) is 5.92 Å². The van der Waals surface area contributed by atoms with Crippen molar-refractivity contribution in [1.29, 1.82) is 0 Å². The molecule has 25 heavy (non-hydrogen) atoms. The van der Waals surface area contributed by atoms with E-state index in [0.717, 1.165) is 0 Å². The van der Waals surface area contributed by atoms with Gasteiger partial charge in [0.05, 0.1) is 12.1 Å². The molecular weight excluding hydrogens is 342 g/mol. The van der Waals surface area contributed by atoms with Crippen LogP contribution in [0.15, 0.2) is 5.38 Å². The lowest BCUT2D eigenvalue weighted by atomic mass is 10.2. The first kappa shape index (κ1) is 19.2. The number of carbonyl (C=O) groups excluding carboxylic acids is 3. The third-order valence-corrected chi connectivity index (χ3v) is 4.63. The fourth-order valence-corrected chi connectivity index (χ4v) is 3.09. The fraction of sp³-hybridized carbons (Fsp3) is 0.625. The zero-order chi connectivity index (χ0) is 18.4. The highest BCUT2D eigenvalue weighted by molar-refractivity contribution is 7.13. The normalized spacial score (nSPS) is 14.6. The zero-order valence-electron chi connectivity index (χ0n) is 14.9. The van der Waals surface area contributed by atoms with Gasteiger partial charge in [0.15, 0.2) is 5.13 Å². The van der Waals surface area contributed by atoms with E-state index in [4.69, 9.17) is 0 Å². The van der Waals surface area contributed by atoms with Gasteiger partial charge in [0, 0.05) is 45.0 Å². The first-order chi connectivity index (χ1) is 11.8. The van der Waals surface area contributed by atoms with E-state index < -0.39 is 0 Å². The molecule has 0 bridgehead atoms. The number of piperazine rings is 1. The SMILES string of the molecule is CC(=O)N1CCN(C(=O)Nc2nc(CC(=O)NCC(C)C)cs2)CC1. The maximum Gasteiger partial charge on any atom is 0.323 e. The maximum atomic E-state index is 12.3. The minimum Gasteiger partial charge on any atom is -0.356 e. The second kappa shape index (κ2) is 8.80.